The molecule has 0 fully saturated rings. The van der Waals surface area contributed by atoms with Crippen LogP contribution in [0.3, 0.4) is 0 Å². The van der Waals surface area contributed by atoms with Gasteiger partial charge in [0, 0.05) is 16.6 Å². The van der Waals surface area contributed by atoms with Crippen molar-refractivity contribution in [1.29, 1.82) is 0 Å². The number of hydrogen-bond acceptors (Lipinski definition) is 4. The molecule has 0 saturated carbocycles. The highest BCUT2D eigenvalue weighted by Crippen LogP contribution is 2.39. The van der Waals surface area contributed by atoms with E-state index in [9.17, 15) is 5.11 Å². The number of furan rings is 1. The monoisotopic (exact) mass is 319 g/mol. The Hall–Kier alpha value is -3.01. The Morgan fingerprint density at radius 2 is 1.79 bits per heavy atom. The summed E-state index contributed by atoms with van der Waals surface area (Å²) in [6, 6.07) is 13.2. The van der Waals surface area contributed by atoms with Crippen LogP contribution in [0.1, 0.15) is 11.3 Å². The van der Waals surface area contributed by atoms with Crippen LogP contribution in [0.15, 0.2) is 46.9 Å². The van der Waals surface area contributed by atoms with E-state index in [0.29, 0.717) is 5.71 Å². The van der Waals surface area contributed by atoms with Crippen LogP contribution in [0.2, 0.25) is 0 Å². The number of aryl methyl sites for hydroxylation is 2. The van der Waals surface area contributed by atoms with E-state index in [-0.39, 0.29) is 5.75 Å². The molecule has 0 aliphatic heterocycles. The maximum absolute atomic E-state index is 10.2. The van der Waals surface area contributed by atoms with E-state index in [4.69, 9.17) is 9.15 Å². The van der Waals surface area contributed by atoms with E-state index in [1.165, 1.54) is 0 Å². The number of phenolic OH excluding ortho intramolecular Hbond substituents is 1. The van der Waals surface area contributed by atoms with Crippen LogP contribution in [0.4, 0.5) is 0 Å². The van der Waals surface area contributed by atoms with E-state index < -0.39 is 0 Å². The minimum absolute atomic E-state index is 0.205. The number of ether oxygens (including phenoxy) is 1. The van der Waals surface area contributed by atoms with Crippen molar-refractivity contribution in [3.05, 3.63) is 53.7 Å². The van der Waals surface area contributed by atoms with E-state index in [0.717, 1.165) is 44.5 Å². The Labute approximate surface area is 139 Å². The highest BCUT2D eigenvalue weighted by molar-refractivity contribution is 6.10. The summed E-state index contributed by atoms with van der Waals surface area (Å²) in [5.74, 6) is 0.990. The van der Waals surface area contributed by atoms with Crippen molar-refractivity contribution >= 4 is 22.1 Å². The predicted molar refractivity (Wildman–Crippen MR) is 94.6 cm³/mol. The topological polar surface area (TPSA) is 55.5 Å². The molecule has 2 aromatic carbocycles. The smallest absolute Gasteiger partial charge is 0.227 e. The second-order valence-electron chi connectivity index (χ2n) is 5.96. The Morgan fingerprint density at radius 1 is 1.04 bits per heavy atom. The van der Waals surface area contributed by atoms with Gasteiger partial charge in [-0.1, -0.05) is 12.1 Å². The van der Waals surface area contributed by atoms with Crippen LogP contribution in [0, 0.1) is 13.8 Å². The van der Waals surface area contributed by atoms with E-state index in [1.54, 1.807) is 19.2 Å². The molecule has 0 amide bonds. The predicted octanol–water partition coefficient (Wildman–Crippen LogP) is 4.98. The maximum Gasteiger partial charge on any atom is 0.227 e. The molecule has 120 valence electrons. The SMILES string of the molecule is COc1ccc(-c2cc(O)cc3c2oc2nc(C)cc(C)c23)cc1. The fraction of sp³-hybridized carbons (Fsp3) is 0.150. The van der Waals surface area contributed by atoms with Crippen LogP contribution in [-0.2, 0) is 0 Å². The molecule has 0 aliphatic carbocycles. The highest BCUT2D eigenvalue weighted by Gasteiger charge is 2.16. The first-order chi connectivity index (χ1) is 11.6. The number of benzene rings is 2. The average Bonchev–Trinajstić information content (AvgIpc) is 2.92. The summed E-state index contributed by atoms with van der Waals surface area (Å²) in [5.41, 5.74) is 5.11. The Morgan fingerprint density at radius 3 is 2.50 bits per heavy atom. The molecule has 1 N–H and O–H groups in total. The zero-order chi connectivity index (χ0) is 16.8. The lowest BCUT2D eigenvalue weighted by molar-refractivity contribution is 0.415. The van der Waals surface area contributed by atoms with Gasteiger partial charge in [0.15, 0.2) is 0 Å². The van der Waals surface area contributed by atoms with Gasteiger partial charge in [0.05, 0.1) is 12.5 Å². The molecule has 0 aliphatic rings. The Kier molecular flexibility index (Phi) is 3.20. The van der Waals surface area contributed by atoms with Crippen molar-refractivity contribution in [3.8, 4) is 22.6 Å². The summed E-state index contributed by atoms with van der Waals surface area (Å²) >= 11 is 0. The van der Waals surface area contributed by atoms with Gasteiger partial charge in [-0.05, 0) is 55.3 Å². The van der Waals surface area contributed by atoms with Gasteiger partial charge in [-0.3, -0.25) is 0 Å². The highest BCUT2D eigenvalue weighted by atomic mass is 16.5. The molecule has 0 saturated heterocycles. The lowest BCUT2D eigenvalue weighted by Gasteiger charge is -2.05. The summed E-state index contributed by atoms with van der Waals surface area (Å²) in [7, 11) is 1.64. The zero-order valence-corrected chi connectivity index (χ0v) is 13.8. The zero-order valence-electron chi connectivity index (χ0n) is 13.8. The molecule has 0 unspecified atom stereocenters. The van der Waals surface area contributed by atoms with Gasteiger partial charge in [0.25, 0.3) is 0 Å². The molecule has 0 spiro atoms. The third kappa shape index (κ3) is 2.19. The number of aromatic hydroxyl groups is 1. The summed E-state index contributed by atoms with van der Waals surface area (Å²) in [6.07, 6.45) is 0. The molecule has 0 atom stereocenters. The standard InChI is InChI=1S/C20H17NO3/c1-11-8-12(2)21-20-18(11)17-10-14(22)9-16(19(17)24-20)13-4-6-15(23-3)7-5-13/h4-10,22H,1-3H3. The van der Waals surface area contributed by atoms with E-state index >= 15 is 0 Å². The average molecular weight is 319 g/mol. The van der Waals surface area contributed by atoms with Crippen LogP contribution in [-0.4, -0.2) is 17.2 Å². The second-order valence-corrected chi connectivity index (χ2v) is 5.96. The Bertz CT molecular complexity index is 1060. The van der Waals surface area contributed by atoms with Crippen LogP contribution >= 0.6 is 0 Å². The number of aromatic nitrogens is 1. The van der Waals surface area contributed by atoms with Gasteiger partial charge >= 0.3 is 0 Å². The van der Waals surface area contributed by atoms with Gasteiger partial charge in [-0.15, -0.1) is 0 Å². The first kappa shape index (κ1) is 14.6. The van der Waals surface area contributed by atoms with E-state index in [1.807, 2.05) is 44.2 Å². The molecule has 0 radical (unpaired) electrons. The van der Waals surface area contributed by atoms with Crippen molar-refractivity contribution < 1.29 is 14.3 Å². The van der Waals surface area contributed by atoms with E-state index in [2.05, 4.69) is 4.98 Å². The van der Waals surface area contributed by atoms with Crippen molar-refractivity contribution in [2.45, 2.75) is 13.8 Å². The fourth-order valence-electron chi connectivity index (χ4n) is 3.19. The largest absolute Gasteiger partial charge is 0.508 e. The summed E-state index contributed by atoms with van der Waals surface area (Å²) in [6.45, 7) is 3.98. The molecule has 24 heavy (non-hydrogen) atoms. The molecular formula is C20H17NO3. The lowest BCUT2D eigenvalue weighted by Crippen LogP contribution is -1.84. The lowest BCUT2D eigenvalue weighted by atomic mass is 10.0. The van der Waals surface area contributed by atoms with Crippen LogP contribution in [0.5, 0.6) is 11.5 Å². The van der Waals surface area contributed by atoms with Crippen LogP contribution < -0.4 is 4.74 Å². The number of hydrogen-bond donors (Lipinski definition) is 1. The minimum atomic E-state index is 0.205. The summed E-state index contributed by atoms with van der Waals surface area (Å²) in [5, 5.41) is 12.0. The third-order valence-corrected chi connectivity index (χ3v) is 4.25. The number of nitrogens with zero attached hydrogens (tertiary/aromatic N) is 1. The summed E-state index contributed by atoms with van der Waals surface area (Å²) < 4.78 is 11.3. The summed E-state index contributed by atoms with van der Waals surface area (Å²) in [4.78, 5) is 4.50. The number of rotatable bonds is 2. The molecule has 4 heteroatoms. The normalized spacial score (nSPS) is 11.3. The molecule has 4 aromatic rings. The number of methoxy groups -OCH3 is 1. The van der Waals surface area contributed by atoms with Gasteiger partial charge in [-0.25, -0.2) is 4.98 Å². The number of fused-ring (bicyclic) bond motifs is 3. The van der Waals surface area contributed by atoms with Gasteiger partial charge in [-0.2, -0.15) is 0 Å². The molecular weight excluding hydrogens is 302 g/mol. The molecule has 2 aromatic heterocycles. The molecule has 0 bridgehead atoms. The quantitative estimate of drug-likeness (QED) is 0.566. The van der Waals surface area contributed by atoms with Crippen molar-refractivity contribution in [1.82, 2.24) is 4.98 Å². The maximum atomic E-state index is 10.2. The third-order valence-electron chi connectivity index (χ3n) is 4.25. The fourth-order valence-corrected chi connectivity index (χ4v) is 3.19. The first-order valence-corrected chi connectivity index (χ1v) is 7.74. The Balaban J connectivity index is 2.06. The number of pyridine rings is 1. The van der Waals surface area contributed by atoms with Crippen molar-refractivity contribution in [2.24, 2.45) is 0 Å². The number of phenols is 1. The van der Waals surface area contributed by atoms with Crippen molar-refractivity contribution in [2.75, 3.05) is 7.11 Å². The van der Waals surface area contributed by atoms with Crippen molar-refractivity contribution in [3.63, 3.8) is 0 Å². The first-order valence-electron chi connectivity index (χ1n) is 7.74. The van der Waals surface area contributed by atoms with Gasteiger partial charge < -0.3 is 14.3 Å². The molecule has 4 rings (SSSR count). The second kappa shape index (κ2) is 5.27. The van der Waals surface area contributed by atoms with Crippen LogP contribution in [0.25, 0.3) is 33.2 Å². The van der Waals surface area contributed by atoms with Gasteiger partial charge in [0.2, 0.25) is 5.71 Å². The molecule has 2 heterocycles. The minimum Gasteiger partial charge on any atom is -0.508 e. The van der Waals surface area contributed by atoms with Gasteiger partial charge in [0.1, 0.15) is 17.1 Å². The molecule has 4 nitrogen and oxygen atoms in total.